The van der Waals surface area contributed by atoms with Crippen molar-refractivity contribution in [1.82, 2.24) is 30.4 Å². The zero-order chi connectivity index (χ0) is 12.8. The van der Waals surface area contributed by atoms with Gasteiger partial charge in [-0.25, -0.2) is 4.68 Å². The van der Waals surface area contributed by atoms with E-state index < -0.39 is 0 Å². The molecule has 1 aromatic rings. The molecule has 0 aromatic carbocycles. The Bertz CT molecular complexity index is 344. The standard InChI is InChI=1S/C12H24N6/c1-3-4-8-18-12(14-15-16-18)10-17(2)9-11-6-5-7-13-11/h11,13H,3-10H2,1-2H3. The van der Waals surface area contributed by atoms with Crippen molar-refractivity contribution in [2.24, 2.45) is 0 Å². The van der Waals surface area contributed by atoms with Crippen LogP contribution >= 0.6 is 0 Å². The zero-order valence-electron chi connectivity index (χ0n) is 11.5. The van der Waals surface area contributed by atoms with Gasteiger partial charge in [0.1, 0.15) is 0 Å². The average molecular weight is 252 g/mol. The lowest BCUT2D eigenvalue weighted by atomic mass is 10.2. The Labute approximate surface area is 109 Å². The minimum atomic E-state index is 0.634. The molecule has 1 fully saturated rings. The lowest BCUT2D eigenvalue weighted by Crippen LogP contribution is -2.35. The van der Waals surface area contributed by atoms with Gasteiger partial charge in [0.05, 0.1) is 6.54 Å². The molecule has 2 rings (SSSR count). The summed E-state index contributed by atoms with van der Waals surface area (Å²) in [5.41, 5.74) is 0. The predicted octanol–water partition coefficient (Wildman–Crippen LogP) is 0.657. The summed E-state index contributed by atoms with van der Waals surface area (Å²) in [4.78, 5) is 2.30. The van der Waals surface area contributed by atoms with Gasteiger partial charge in [0.2, 0.25) is 0 Å². The van der Waals surface area contributed by atoms with E-state index in [1.807, 2.05) is 4.68 Å². The number of likely N-dealkylation sites (N-methyl/N-ethyl adjacent to an activating group) is 1. The Kier molecular flexibility index (Phi) is 5.07. The van der Waals surface area contributed by atoms with Gasteiger partial charge in [-0.15, -0.1) is 5.10 Å². The quantitative estimate of drug-likeness (QED) is 0.772. The molecule has 0 bridgehead atoms. The highest BCUT2D eigenvalue weighted by molar-refractivity contribution is 4.83. The minimum Gasteiger partial charge on any atom is -0.313 e. The third kappa shape index (κ3) is 3.74. The number of aryl methyl sites for hydroxylation is 1. The molecule has 1 aliphatic heterocycles. The molecule has 6 nitrogen and oxygen atoms in total. The second-order valence-electron chi connectivity index (χ2n) is 5.16. The molecule has 1 aliphatic rings. The van der Waals surface area contributed by atoms with E-state index >= 15 is 0 Å². The number of tetrazole rings is 1. The topological polar surface area (TPSA) is 58.9 Å². The van der Waals surface area contributed by atoms with Gasteiger partial charge in [0.15, 0.2) is 5.82 Å². The lowest BCUT2D eigenvalue weighted by Gasteiger charge is -2.20. The van der Waals surface area contributed by atoms with Crippen molar-refractivity contribution in [2.75, 3.05) is 20.1 Å². The SMILES string of the molecule is CCCCn1nnnc1CN(C)CC1CCCN1. The van der Waals surface area contributed by atoms with Crippen LogP contribution in [0.15, 0.2) is 0 Å². The maximum Gasteiger partial charge on any atom is 0.165 e. The number of rotatable bonds is 7. The molecule has 0 spiro atoms. The molecule has 0 aliphatic carbocycles. The van der Waals surface area contributed by atoms with Crippen LogP contribution in [0.5, 0.6) is 0 Å². The van der Waals surface area contributed by atoms with Crippen molar-refractivity contribution in [3.63, 3.8) is 0 Å². The minimum absolute atomic E-state index is 0.634. The Morgan fingerprint density at radius 3 is 3.11 bits per heavy atom. The molecular formula is C12H24N6. The second-order valence-corrected chi connectivity index (χ2v) is 5.16. The normalized spacial score (nSPS) is 19.8. The molecule has 0 radical (unpaired) electrons. The molecule has 2 heterocycles. The largest absolute Gasteiger partial charge is 0.313 e. The van der Waals surface area contributed by atoms with Crippen molar-refractivity contribution in [1.29, 1.82) is 0 Å². The summed E-state index contributed by atoms with van der Waals surface area (Å²) in [6.07, 6.45) is 4.88. The summed E-state index contributed by atoms with van der Waals surface area (Å²) < 4.78 is 1.93. The van der Waals surface area contributed by atoms with Gasteiger partial charge in [-0.1, -0.05) is 13.3 Å². The Balaban J connectivity index is 1.81. The van der Waals surface area contributed by atoms with Crippen LogP contribution in [0.3, 0.4) is 0 Å². The van der Waals surface area contributed by atoms with E-state index in [2.05, 4.69) is 39.7 Å². The number of hydrogen-bond donors (Lipinski definition) is 1. The molecular weight excluding hydrogens is 228 g/mol. The molecule has 1 saturated heterocycles. The fourth-order valence-electron chi connectivity index (χ4n) is 2.41. The predicted molar refractivity (Wildman–Crippen MR) is 70.1 cm³/mol. The fraction of sp³-hybridized carbons (Fsp3) is 0.917. The van der Waals surface area contributed by atoms with Gasteiger partial charge in [-0.05, 0) is 43.3 Å². The van der Waals surface area contributed by atoms with E-state index in [0.29, 0.717) is 6.04 Å². The summed E-state index contributed by atoms with van der Waals surface area (Å²) in [7, 11) is 2.14. The van der Waals surface area contributed by atoms with Crippen molar-refractivity contribution >= 4 is 0 Å². The van der Waals surface area contributed by atoms with E-state index in [9.17, 15) is 0 Å². The molecule has 18 heavy (non-hydrogen) atoms. The lowest BCUT2D eigenvalue weighted by molar-refractivity contribution is 0.280. The van der Waals surface area contributed by atoms with Gasteiger partial charge < -0.3 is 5.32 Å². The Morgan fingerprint density at radius 2 is 2.39 bits per heavy atom. The highest BCUT2D eigenvalue weighted by Gasteiger charge is 2.17. The van der Waals surface area contributed by atoms with Gasteiger partial charge in [-0.2, -0.15) is 0 Å². The van der Waals surface area contributed by atoms with E-state index in [4.69, 9.17) is 0 Å². The van der Waals surface area contributed by atoms with Crippen molar-refractivity contribution in [3.8, 4) is 0 Å². The van der Waals surface area contributed by atoms with Crippen molar-refractivity contribution in [3.05, 3.63) is 5.82 Å². The van der Waals surface area contributed by atoms with E-state index in [-0.39, 0.29) is 0 Å². The van der Waals surface area contributed by atoms with E-state index in [1.165, 1.54) is 19.3 Å². The van der Waals surface area contributed by atoms with E-state index in [1.54, 1.807) is 0 Å². The number of aromatic nitrogens is 4. The first-order valence-corrected chi connectivity index (χ1v) is 6.96. The monoisotopic (exact) mass is 252 g/mol. The Morgan fingerprint density at radius 1 is 1.50 bits per heavy atom. The zero-order valence-corrected chi connectivity index (χ0v) is 11.5. The van der Waals surface area contributed by atoms with Crippen LogP contribution in [0.25, 0.3) is 0 Å². The third-order valence-corrected chi connectivity index (χ3v) is 3.44. The second kappa shape index (κ2) is 6.80. The van der Waals surface area contributed by atoms with Gasteiger partial charge in [0.25, 0.3) is 0 Å². The molecule has 0 saturated carbocycles. The highest BCUT2D eigenvalue weighted by atomic mass is 15.5. The third-order valence-electron chi connectivity index (χ3n) is 3.44. The number of hydrogen-bond acceptors (Lipinski definition) is 5. The number of nitrogens with one attached hydrogen (secondary N) is 1. The summed E-state index contributed by atoms with van der Waals surface area (Å²) in [5.74, 6) is 0.976. The van der Waals surface area contributed by atoms with E-state index in [0.717, 1.165) is 38.4 Å². The van der Waals surface area contributed by atoms with Crippen LogP contribution in [0.1, 0.15) is 38.4 Å². The summed E-state index contributed by atoms with van der Waals surface area (Å²) in [6.45, 7) is 6.17. The molecule has 1 unspecified atom stereocenters. The first-order chi connectivity index (χ1) is 8.79. The first kappa shape index (κ1) is 13.4. The first-order valence-electron chi connectivity index (χ1n) is 6.96. The van der Waals surface area contributed by atoms with Crippen LogP contribution in [0.4, 0.5) is 0 Å². The molecule has 0 amide bonds. The van der Waals surface area contributed by atoms with Crippen LogP contribution in [-0.2, 0) is 13.1 Å². The van der Waals surface area contributed by atoms with Crippen molar-refractivity contribution in [2.45, 2.75) is 51.7 Å². The van der Waals surface area contributed by atoms with Crippen molar-refractivity contribution < 1.29 is 0 Å². The fourth-order valence-corrected chi connectivity index (χ4v) is 2.41. The summed E-state index contributed by atoms with van der Waals surface area (Å²) in [5, 5.41) is 15.5. The average Bonchev–Trinajstić information content (AvgIpc) is 2.98. The molecule has 1 atom stereocenters. The van der Waals surface area contributed by atoms with Gasteiger partial charge in [-0.3, -0.25) is 4.90 Å². The smallest absolute Gasteiger partial charge is 0.165 e. The van der Waals surface area contributed by atoms with Crippen LogP contribution < -0.4 is 5.32 Å². The van der Waals surface area contributed by atoms with Gasteiger partial charge >= 0.3 is 0 Å². The van der Waals surface area contributed by atoms with Crippen LogP contribution in [0.2, 0.25) is 0 Å². The highest BCUT2D eigenvalue weighted by Crippen LogP contribution is 2.08. The van der Waals surface area contributed by atoms with Crippen LogP contribution in [0, 0.1) is 0 Å². The maximum atomic E-state index is 4.12. The number of nitrogens with zero attached hydrogens (tertiary/aromatic N) is 5. The maximum absolute atomic E-state index is 4.12. The molecule has 1 aromatic heterocycles. The number of unbranched alkanes of at least 4 members (excludes halogenated alkanes) is 1. The molecule has 6 heteroatoms. The molecule has 102 valence electrons. The Hall–Kier alpha value is -1.01. The summed E-state index contributed by atoms with van der Waals surface area (Å²) >= 11 is 0. The van der Waals surface area contributed by atoms with Gasteiger partial charge in [0, 0.05) is 19.1 Å². The summed E-state index contributed by atoms with van der Waals surface area (Å²) in [6, 6.07) is 0.634. The van der Waals surface area contributed by atoms with Crippen LogP contribution in [-0.4, -0.2) is 51.3 Å². The molecule has 1 N–H and O–H groups in total.